The number of rotatable bonds is 5. The van der Waals surface area contributed by atoms with Gasteiger partial charge < -0.3 is 10.1 Å². The summed E-state index contributed by atoms with van der Waals surface area (Å²) in [5, 5.41) is 3.36. The van der Waals surface area contributed by atoms with E-state index in [0.29, 0.717) is 6.54 Å². The number of ether oxygens (including phenoxy) is 1. The van der Waals surface area contributed by atoms with Gasteiger partial charge in [0.15, 0.2) is 0 Å². The molecule has 0 aromatic heterocycles. The van der Waals surface area contributed by atoms with Gasteiger partial charge in [-0.25, -0.2) is 0 Å². The van der Waals surface area contributed by atoms with Gasteiger partial charge in [0.2, 0.25) is 0 Å². The maximum absolute atomic E-state index is 12.2. The molecule has 1 saturated heterocycles. The van der Waals surface area contributed by atoms with Gasteiger partial charge in [0.25, 0.3) is 0 Å². The van der Waals surface area contributed by atoms with E-state index in [-0.39, 0.29) is 17.7 Å². The van der Waals surface area contributed by atoms with Gasteiger partial charge in [0, 0.05) is 18.6 Å². The minimum absolute atomic E-state index is 0.0362. The first-order valence-corrected chi connectivity index (χ1v) is 6.71. The van der Waals surface area contributed by atoms with E-state index < -0.39 is 12.7 Å². The van der Waals surface area contributed by atoms with Crippen molar-refractivity contribution in [3.8, 4) is 0 Å². The molecule has 0 aliphatic carbocycles. The Morgan fingerprint density at radius 2 is 1.74 bits per heavy atom. The van der Waals surface area contributed by atoms with E-state index in [1.165, 1.54) is 11.9 Å². The number of alkyl halides is 3. The number of halogens is 3. The van der Waals surface area contributed by atoms with Crippen LogP contribution in [0.15, 0.2) is 0 Å². The van der Waals surface area contributed by atoms with Crippen molar-refractivity contribution in [2.75, 3.05) is 26.7 Å². The zero-order valence-electron chi connectivity index (χ0n) is 12.2. The van der Waals surface area contributed by atoms with Gasteiger partial charge in [-0.1, -0.05) is 0 Å². The highest BCUT2D eigenvalue weighted by molar-refractivity contribution is 4.80. The lowest BCUT2D eigenvalue weighted by molar-refractivity contribution is -0.146. The van der Waals surface area contributed by atoms with E-state index >= 15 is 0 Å². The van der Waals surface area contributed by atoms with Crippen molar-refractivity contribution >= 4 is 0 Å². The zero-order chi connectivity index (χ0) is 14.7. The van der Waals surface area contributed by atoms with Crippen molar-refractivity contribution in [3.63, 3.8) is 0 Å². The van der Waals surface area contributed by atoms with Crippen LogP contribution in [0.4, 0.5) is 13.2 Å². The average Bonchev–Trinajstić information content (AvgIpc) is 2.58. The van der Waals surface area contributed by atoms with E-state index in [0.717, 1.165) is 19.4 Å². The largest absolute Gasteiger partial charge is 0.401 e. The van der Waals surface area contributed by atoms with Crippen LogP contribution >= 0.6 is 0 Å². The first-order chi connectivity index (χ1) is 8.55. The monoisotopic (exact) mass is 282 g/mol. The number of nitrogens with one attached hydrogen (secondary N) is 1. The van der Waals surface area contributed by atoms with Crippen LogP contribution in [0.3, 0.4) is 0 Å². The quantitative estimate of drug-likeness (QED) is 0.838. The molecule has 1 fully saturated rings. The van der Waals surface area contributed by atoms with Gasteiger partial charge >= 0.3 is 6.18 Å². The molecule has 1 aliphatic heterocycles. The van der Waals surface area contributed by atoms with Gasteiger partial charge in [-0.2, -0.15) is 13.2 Å². The molecule has 1 N–H and O–H groups in total. The van der Waals surface area contributed by atoms with E-state index in [9.17, 15) is 13.2 Å². The smallest absolute Gasteiger partial charge is 0.372 e. The highest BCUT2D eigenvalue weighted by Gasteiger charge is 2.32. The van der Waals surface area contributed by atoms with Gasteiger partial charge in [-0.15, -0.1) is 0 Å². The van der Waals surface area contributed by atoms with Gasteiger partial charge in [-0.05, 0) is 40.7 Å². The molecule has 3 nitrogen and oxygen atoms in total. The van der Waals surface area contributed by atoms with Crippen LogP contribution in [0.5, 0.6) is 0 Å². The Morgan fingerprint density at radius 3 is 2.26 bits per heavy atom. The maximum atomic E-state index is 12.2. The van der Waals surface area contributed by atoms with Crippen LogP contribution in [-0.2, 0) is 4.74 Å². The van der Waals surface area contributed by atoms with Crippen LogP contribution in [0, 0.1) is 0 Å². The fraction of sp³-hybridized carbons (Fsp3) is 1.00. The average molecular weight is 282 g/mol. The molecular weight excluding hydrogens is 257 g/mol. The minimum Gasteiger partial charge on any atom is -0.372 e. The lowest BCUT2D eigenvalue weighted by Gasteiger charge is -2.25. The molecule has 0 aromatic carbocycles. The maximum Gasteiger partial charge on any atom is 0.401 e. The summed E-state index contributed by atoms with van der Waals surface area (Å²) in [6, 6.07) is 0. The molecule has 0 aromatic rings. The number of hydrogen-bond acceptors (Lipinski definition) is 3. The summed E-state index contributed by atoms with van der Waals surface area (Å²) < 4.78 is 42.4. The number of nitrogens with zero attached hydrogens (tertiary/aromatic N) is 1. The Labute approximate surface area is 113 Å². The summed E-state index contributed by atoms with van der Waals surface area (Å²) in [6.45, 7) is 6.45. The zero-order valence-corrected chi connectivity index (χ0v) is 12.2. The van der Waals surface area contributed by atoms with Crippen LogP contribution in [0.1, 0.15) is 33.6 Å². The summed E-state index contributed by atoms with van der Waals surface area (Å²) in [7, 11) is 1.48. The highest BCUT2D eigenvalue weighted by Crippen LogP contribution is 2.22. The summed E-state index contributed by atoms with van der Waals surface area (Å²) in [4.78, 5) is 1.28. The summed E-state index contributed by atoms with van der Waals surface area (Å²) in [5.74, 6) is 0. The molecule has 1 aliphatic rings. The SMILES string of the molecule is CN(CC1CCC(CNC(C)(C)C)O1)CC(F)(F)F. The van der Waals surface area contributed by atoms with Crippen LogP contribution in [0.2, 0.25) is 0 Å². The molecule has 1 heterocycles. The third-order valence-corrected chi connectivity index (χ3v) is 3.02. The third kappa shape index (κ3) is 7.74. The van der Waals surface area contributed by atoms with E-state index in [1.54, 1.807) is 0 Å². The van der Waals surface area contributed by atoms with Crippen LogP contribution in [-0.4, -0.2) is 55.5 Å². The molecular formula is C13H25F3N2O. The molecule has 0 saturated carbocycles. The lowest BCUT2D eigenvalue weighted by atomic mass is 10.1. The molecule has 0 bridgehead atoms. The molecule has 6 heteroatoms. The summed E-state index contributed by atoms with van der Waals surface area (Å²) in [6.07, 6.45) is -2.37. The molecule has 19 heavy (non-hydrogen) atoms. The molecule has 2 unspecified atom stereocenters. The fourth-order valence-corrected chi connectivity index (χ4v) is 2.20. The van der Waals surface area contributed by atoms with Crippen molar-refractivity contribution in [3.05, 3.63) is 0 Å². The predicted molar refractivity (Wildman–Crippen MR) is 69.2 cm³/mol. The second-order valence-electron chi connectivity index (χ2n) is 6.40. The number of likely N-dealkylation sites (N-methyl/N-ethyl adjacent to an activating group) is 1. The van der Waals surface area contributed by atoms with Crippen molar-refractivity contribution in [2.45, 2.75) is 57.5 Å². The standard InChI is InChI=1S/C13H25F3N2O/c1-12(2,3)17-7-10-5-6-11(19-10)8-18(4)9-13(14,15)16/h10-11,17H,5-9H2,1-4H3. The van der Waals surface area contributed by atoms with E-state index in [1.807, 2.05) is 0 Å². The van der Waals surface area contributed by atoms with Crippen molar-refractivity contribution in [1.29, 1.82) is 0 Å². The number of hydrogen-bond donors (Lipinski definition) is 1. The molecule has 1 rings (SSSR count). The minimum atomic E-state index is -4.14. The van der Waals surface area contributed by atoms with Crippen LogP contribution in [0.25, 0.3) is 0 Å². The second kappa shape index (κ2) is 6.41. The Morgan fingerprint density at radius 1 is 1.16 bits per heavy atom. The Hall–Kier alpha value is -0.330. The molecule has 0 amide bonds. The first-order valence-electron chi connectivity index (χ1n) is 6.71. The second-order valence-corrected chi connectivity index (χ2v) is 6.40. The molecule has 114 valence electrons. The Bertz CT molecular complexity index is 276. The van der Waals surface area contributed by atoms with Crippen molar-refractivity contribution in [2.24, 2.45) is 0 Å². The van der Waals surface area contributed by atoms with Crippen molar-refractivity contribution < 1.29 is 17.9 Å². The lowest BCUT2D eigenvalue weighted by Crippen LogP contribution is -2.41. The summed E-state index contributed by atoms with van der Waals surface area (Å²) in [5.41, 5.74) is 0.0362. The topological polar surface area (TPSA) is 24.5 Å². The molecule has 0 spiro atoms. The Balaban J connectivity index is 2.25. The van der Waals surface area contributed by atoms with Gasteiger partial charge in [0.05, 0.1) is 18.8 Å². The van der Waals surface area contributed by atoms with E-state index in [4.69, 9.17) is 4.74 Å². The predicted octanol–water partition coefficient (Wildman–Crippen LogP) is 2.42. The fourth-order valence-electron chi connectivity index (χ4n) is 2.20. The Kier molecular flexibility index (Phi) is 5.65. The van der Waals surface area contributed by atoms with Gasteiger partial charge in [0.1, 0.15) is 0 Å². The van der Waals surface area contributed by atoms with Crippen LogP contribution < -0.4 is 5.32 Å². The normalized spacial score (nSPS) is 25.3. The molecule has 0 radical (unpaired) electrons. The van der Waals surface area contributed by atoms with Crippen molar-refractivity contribution in [1.82, 2.24) is 10.2 Å². The third-order valence-electron chi connectivity index (χ3n) is 3.02. The van der Waals surface area contributed by atoms with E-state index in [2.05, 4.69) is 26.1 Å². The summed E-state index contributed by atoms with van der Waals surface area (Å²) >= 11 is 0. The molecule has 2 atom stereocenters. The van der Waals surface area contributed by atoms with Gasteiger partial charge in [-0.3, -0.25) is 4.90 Å². The first kappa shape index (κ1) is 16.7. The highest BCUT2D eigenvalue weighted by atomic mass is 19.4.